The Morgan fingerprint density at radius 2 is 2.20 bits per heavy atom. The van der Waals surface area contributed by atoms with Crippen LogP contribution in [0.15, 0.2) is 36.4 Å². The van der Waals surface area contributed by atoms with E-state index in [0.717, 1.165) is 6.08 Å². The lowest BCUT2D eigenvalue weighted by Crippen LogP contribution is -2.00. The van der Waals surface area contributed by atoms with Crippen molar-refractivity contribution in [1.82, 2.24) is 0 Å². The molecule has 0 bridgehead atoms. The van der Waals surface area contributed by atoms with Crippen molar-refractivity contribution in [3.8, 4) is 12.3 Å². The van der Waals surface area contributed by atoms with E-state index in [9.17, 15) is 4.39 Å². The van der Waals surface area contributed by atoms with Crippen LogP contribution < -0.4 is 0 Å². The Labute approximate surface area is 89.8 Å². The minimum atomic E-state index is -0.646. The molecule has 0 spiro atoms. The molecule has 0 rings (SSSR count). The Morgan fingerprint density at radius 1 is 1.53 bits per heavy atom. The van der Waals surface area contributed by atoms with E-state index >= 15 is 0 Å². The van der Waals surface area contributed by atoms with Crippen LogP contribution in [0.25, 0.3) is 0 Å². The zero-order valence-corrected chi connectivity index (χ0v) is 8.63. The average molecular weight is 210 g/mol. The molecule has 0 fully saturated rings. The van der Waals surface area contributed by atoms with Gasteiger partial charge >= 0.3 is 0 Å². The van der Waals surface area contributed by atoms with E-state index in [4.69, 9.17) is 16.3 Å². The topological polar surface area (TPSA) is 29.5 Å². The zero-order valence-electron chi connectivity index (χ0n) is 8.63. The molecule has 0 saturated heterocycles. The number of hydrogen-bond acceptors (Lipinski definition) is 2. The number of aliphatic hydroxyl groups is 1. The Kier molecular flexibility index (Phi) is 7.04. The van der Waals surface area contributed by atoms with Crippen molar-refractivity contribution in [2.24, 2.45) is 0 Å². The lowest BCUT2D eigenvalue weighted by atomic mass is 10.2. The molecule has 3 heteroatoms. The minimum Gasteiger partial charge on any atom is -0.494 e. The van der Waals surface area contributed by atoms with E-state index < -0.39 is 5.83 Å². The van der Waals surface area contributed by atoms with Crippen LogP contribution in [-0.2, 0) is 4.74 Å². The third kappa shape index (κ3) is 6.53. The monoisotopic (exact) mass is 210 g/mol. The van der Waals surface area contributed by atoms with E-state index in [0.29, 0.717) is 19.4 Å². The molecule has 0 heterocycles. The third-order valence-corrected chi connectivity index (χ3v) is 1.60. The van der Waals surface area contributed by atoms with Crippen molar-refractivity contribution in [1.29, 1.82) is 0 Å². The number of allylic oxidation sites excluding steroid dienone is 2. The fourth-order valence-electron chi connectivity index (χ4n) is 0.866. The second-order valence-corrected chi connectivity index (χ2v) is 2.85. The average Bonchev–Trinajstić information content (AvgIpc) is 2.20. The van der Waals surface area contributed by atoms with Gasteiger partial charge in [0.25, 0.3) is 0 Å². The molecular weight excluding hydrogens is 195 g/mol. The predicted octanol–water partition coefficient (Wildman–Crippen LogP) is 2.33. The van der Waals surface area contributed by atoms with Crippen molar-refractivity contribution < 1.29 is 14.2 Å². The highest BCUT2D eigenvalue weighted by molar-refractivity contribution is 5.29. The number of halogens is 1. The fraction of sp³-hybridized carbons (Fsp3) is 0.333. The Balaban J connectivity index is 4.07. The first-order chi connectivity index (χ1) is 7.11. The molecule has 0 aromatic rings. The van der Waals surface area contributed by atoms with Crippen LogP contribution in [0.5, 0.6) is 0 Å². The molecule has 82 valence electrons. The van der Waals surface area contributed by atoms with Gasteiger partial charge in [-0.05, 0) is 12.5 Å². The van der Waals surface area contributed by atoms with Gasteiger partial charge in [-0.3, -0.25) is 0 Å². The van der Waals surface area contributed by atoms with Crippen LogP contribution in [0.1, 0.15) is 12.8 Å². The van der Waals surface area contributed by atoms with E-state index in [1.54, 1.807) is 0 Å². The molecule has 0 aromatic carbocycles. The van der Waals surface area contributed by atoms with Gasteiger partial charge in [-0.15, -0.1) is 12.3 Å². The van der Waals surface area contributed by atoms with Crippen molar-refractivity contribution in [2.45, 2.75) is 12.8 Å². The summed E-state index contributed by atoms with van der Waals surface area (Å²) < 4.78 is 17.6. The fourth-order valence-corrected chi connectivity index (χ4v) is 0.866. The molecule has 0 saturated carbocycles. The van der Waals surface area contributed by atoms with E-state index in [1.165, 1.54) is 0 Å². The van der Waals surface area contributed by atoms with Crippen molar-refractivity contribution in [3.63, 3.8) is 0 Å². The smallest absolute Gasteiger partial charge is 0.117 e. The van der Waals surface area contributed by atoms with Crippen LogP contribution in [0.4, 0.5) is 4.39 Å². The van der Waals surface area contributed by atoms with Gasteiger partial charge in [0.15, 0.2) is 0 Å². The third-order valence-electron chi connectivity index (χ3n) is 1.60. The molecule has 15 heavy (non-hydrogen) atoms. The van der Waals surface area contributed by atoms with Crippen molar-refractivity contribution in [2.75, 3.05) is 13.2 Å². The molecule has 0 aliphatic carbocycles. The predicted molar refractivity (Wildman–Crippen MR) is 58.6 cm³/mol. The quantitative estimate of drug-likeness (QED) is 0.302. The highest BCUT2D eigenvalue weighted by atomic mass is 19.1. The number of hydrogen-bond donors (Lipinski definition) is 1. The summed E-state index contributed by atoms with van der Waals surface area (Å²) in [5, 5.41) is 8.90. The zero-order chi connectivity index (χ0) is 11.7. The maximum absolute atomic E-state index is 12.4. The van der Waals surface area contributed by atoms with Crippen LogP contribution in [0, 0.1) is 12.3 Å². The van der Waals surface area contributed by atoms with Gasteiger partial charge in [0.05, 0.1) is 13.2 Å². The number of terminal acetylenes is 1. The Bertz CT molecular complexity index is 297. The molecule has 0 unspecified atom stereocenters. The lowest BCUT2D eigenvalue weighted by molar-refractivity contribution is 0.208. The number of ether oxygens (including phenoxy) is 1. The summed E-state index contributed by atoms with van der Waals surface area (Å²) in [5.41, 5.74) is 0.281. The first kappa shape index (κ1) is 13.5. The summed E-state index contributed by atoms with van der Waals surface area (Å²) in [4.78, 5) is 0. The molecule has 2 nitrogen and oxygen atoms in total. The highest BCUT2D eigenvalue weighted by Gasteiger charge is 2.03. The van der Waals surface area contributed by atoms with E-state index in [-0.39, 0.29) is 17.9 Å². The normalized spacial score (nSPS) is 10.6. The van der Waals surface area contributed by atoms with Crippen LogP contribution in [-0.4, -0.2) is 18.3 Å². The van der Waals surface area contributed by atoms with Gasteiger partial charge < -0.3 is 9.84 Å². The first-order valence-electron chi connectivity index (χ1n) is 4.53. The molecule has 1 N–H and O–H groups in total. The summed E-state index contributed by atoms with van der Waals surface area (Å²) in [6, 6.07) is 0. The molecule has 0 amide bonds. The Morgan fingerprint density at radius 3 is 2.67 bits per heavy atom. The van der Waals surface area contributed by atoms with Crippen molar-refractivity contribution >= 4 is 0 Å². The molecule has 0 atom stereocenters. The molecule has 0 aliphatic heterocycles. The number of rotatable bonds is 7. The number of unbranched alkanes of at least 4 members (excludes halogenated alkanes) is 1. The molecule has 0 aromatic heterocycles. The summed E-state index contributed by atoms with van der Waals surface area (Å²) in [5.74, 6) is 2.07. The highest BCUT2D eigenvalue weighted by Crippen LogP contribution is 2.12. The van der Waals surface area contributed by atoms with Gasteiger partial charge in [0, 0.05) is 12.0 Å². The maximum Gasteiger partial charge on any atom is 0.117 e. The second kappa shape index (κ2) is 7.84. The van der Waals surface area contributed by atoms with Crippen LogP contribution >= 0.6 is 0 Å². The van der Waals surface area contributed by atoms with Gasteiger partial charge in [-0.1, -0.05) is 13.2 Å². The van der Waals surface area contributed by atoms with Crippen molar-refractivity contribution in [3.05, 3.63) is 36.4 Å². The van der Waals surface area contributed by atoms with Crippen LogP contribution in [0.2, 0.25) is 0 Å². The Hall–Kier alpha value is -1.53. The van der Waals surface area contributed by atoms with Gasteiger partial charge in [0.2, 0.25) is 0 Å². The summed E-state index contributed by atoms with van der Waals surface area (Å²) >= 11 is 0. The number of aliphatic hydroxyl groups excluding tert-OH is 1. The van der Waals surface area contributed by atoms with E-state index in [1.807, 2.05) is 0 Å². The van der Waals surface area contributed by atoms with Crippen LogP contribution in [0.3, 0.4) is 0 Å². The maximum atomic E-state index is 12.4. The molecule has 0 aliphatic rings. The van der Waals surface area contributed by atoms with Gasteiger partial charge in [0.1, 0.15) is 11.6 Å². The van der Waals surface area contributed by atoms with E-state index in [2.05, 4.69) is 19.1 Å². The minimum absolute atomic E-state index is 0.244. The van der Waals surface area contributed by atoms with Gasteiger partial charge in [-0.25, -0.2) is 4.39 Å². The molecule has 0 radical (unpaired) electrons. The largest absolute Gasteiger partial charge is 0.494 e. The standard InChI is InChI=1S/C12H15FO2/c1-4-5-6-7-15-11(3)12(9-14)8-10(2)13/h1,8,14H,2-3,5-7,9H2. The second-order valence-electron chi connectivity index (χ2n) is 2.85. The van der Waals surface area contributed by atoms with Gasteiger partial charge in [-0.2, -0.15) is 0 Å². The summed E-state index contributed by atoms with van der Waals surface area (Å²) in [6.45, 7) is 6.69. The first-order valence-corrected chi connectivity index (χ1v) is 4.53. The lowest BCUT2D eigenvalue weighted by Gasteiger charge is -2.09. The SMILES string of the molecule is C#CCCCOC(=C)C(=CC(=C)F)CO. The summed E-state index contributed by atoms with van der Waals surface area (Å²) in [7, 11) is 0. The summed E-state index contributed by atoms with van der Waals surface area (Å²) in [6.07, 6.45) is 7.46. The molecular formula is C12H15FO2.